The second-order valence-corrected chi connectivity index (χ2v) is 9.03. The first-order valence-electron chi connectivity index (χ1n) is 11.4. The number of nitrogens with zero attached hydrogens (tertiary/aromatic N) is 4. The van der Waals surface area contributed by atoms with Gasteiger partial charge in [0.05, 0.1) is 11.8 Å². The predicted molar refractivity (Wildman–Crippen MR) is 112 cm³/mol. The lowest BCUT2D eigenvalue weighted by molar-refractivity contribution is -0.130. The lowest BCUT2D eigenvalue weighted by atomic mass is 9.79. The normalized spacial score (nSPS) is 26.8. The molecule has 4 heterocycles. The SMILES string of the molecule is CCn1ncc(C(=O)N2C[C@@H]3CN[C@H](CCCC(=O)N4CCCC4)[C@H](C3)C2)c1C. The van der Waals surface area contributed by atoms with E-state index in [1.54, 1.807) is 6.20 Å². The Balaban J connectivity index is 1.32. The topological polar surface area (TPSA) is 70.5 Å². The van der Waals surface area contributed by atoms with Gasteiger partial charge in [0, 0.05) is 50.9 Å². The highest BCUT2D eigenvalue weighted by Crippen LogP contribution is 2.31. The zero-order chi connectivity index (χ0) is 20.4. The minimum Gasteiger partial charge on any atom is -0.343 e. The third-order valence-corrected chi connectivity index (χ3v) is 7.09. The van der Waals surface area contributed by atoms with Crippen LogP contribution in [0.25, 0.3) is 0 Å². The van der Waals surface area contributed by atoms with E-state index in [4.69, 9.17) is 0 Å². The second-order valence-electron chi connectivity index (χ2n) is 9.03. The van der Waals surface area contributed by atoms with Gasteiger partial charge in [0.25, 0.3) is 5.91 Å². The van der Waals surface area contributed by atoms with E-state index in [1.165, 1.54) is 6.42 Å². The van der Waals surface area contributed by atoms with Crippen molar-refractivity contribution in [2.45, 2.75) is 65.0 Å². The number of hydrogen-bond acceptors (Lipinski definition) is 4. The van der Waals surface area contributed by atoms with Gasteiger partial charge in [-0.05, 0) is 64.3 Å². The van der Waals surface area contributed by atoms with Crippen LogP contribution >= 0.6 is 0 Å². The molecule has 3 aliphatic heterocycles. The number of likely N-dealkylation sites (tertiary alicyclic amines) is 2. The van der Waals surface area contributed by atoms with Gasteiger partial charge in [-0.15, -0.1) is 0 Å². The Morgan fingerprint density at radius 1 is 1.21 bits per heavy atom. The van der Waals surface area contributed by atoms with Crippen LogP contribution in [0.4, 0.5) is 0 Å². The summed E-state index contributed by atoms with van der Waals surface area (Å²) in [6, 6.07) is 0.410. The molecule has 1 aromatic heterocycles. The third-order valence-electron chi connectivity index (χ3n) is 7.09. The summed E-state index contributed by atoms with van der Waals surface area (Å²) in [4.78, 5) is 29.5. The van der Waals surface area contributed by atoms with Crippen molar-refractivity contribution in [3.05, 3.63) is 17.5 Å². The van der Waals surface area contributed by atoms with Crippen LogP contribution in [0.1, 0.15) is 61.5 Å². The van der Waals surface area contributed by atoms with Crippen molar-refractivity contribution in [3.8, 4) is 0 Å². The smallest absolute Gasteiger partial charge is 0.257 e. The number of aryl methyl sites for hydroxylation is 1. The standard InChI is InChI=1S/C22H35N5O2/c1-3-27-16(2)19(13-24-27)22(29)26-14-17-11-18(15-26)20(23-12-17)7-6-8-21(28)25-9-4-5-10-25/h13,17-18,20,23H,3-12,14-15H2,1-2H3/t17-,18+,20+/m0/s1. The third kappa shape index (κ3) is 4.34. The van der Waals surface area contributed by atoms with E-state index in [2.05, 4.69) is 10.4 Å². The molecule has 0 aromatic carbocycles. The highest BCUT2D eigenvalue weighted by Gasteiger charge is 2.38. The first kappa shape index (κ1) is 20.4. The summed E-state index contributed by atoms with van der Waals surface area (Å²) in [5.74, 6) is 1.46. The van der Waals surface area contributed by atoms with Gasteiger partial charge in [0.1, 0.15) is 0 Å². The molecule has 2 bridgehead atoms. The minimum absolute atomic E-state index is 0.127. The van der Waals surface area contributed by atoms with E-state index in [9.17, 15) is 9.59 Å². The van der Waals surface area contributed by atoms with Crippen LogP contribution in [0, 0.1) is 18.8 Å². The quantitative estimate of drug-likeness (QED) is 0.792. The fraction of sp³-hybridized carbons (Fsp3) is 0.773. The first-order chi connectivity index (χ1) is 14.1. The van der Waals surface area contributed by atoms with Crippen molar-refractivity contribution in [1.82, 2.24) is 24.9 Å². The molecule has 2 amide bonds. The van der Waals surface area contributed by atoms with E-state index in [-0.39, 0.29) is 5.91 Å². The first-order valence-corrected chi connectivity index (χ1v) is 11.4. The van der Waals surface area contributed by atoms with Gasteiger partial charge in [-0.2, -0.15) is 5.10 Å². The number of hydrogen-bond donors (Lipinski definition) is 1. The molecule has 3 fully saturated rings. The maximum absolute atomic E-state index is 13.1. The summed E-state index contributed by atoms with van der Waals surface area (Å²) >= 11 is 0. The molecule has 3 aliphatic rings. The van der Waals surface area contributed by atoms with E-state index >= 15 is 0 Å². The van der Waals surface area contributed by atoms with Crippen molar-refractivity contribution in [2.75, 3.05) is 32.7 Å². The number of rotatable bonds is 6. The molecule has 0 unspecified atom stereocenters. The molecule has 29 heavy (non-hydrogen) atoms. The summed E-state index contributed by atoms with van der Waals surface area (Å²) in [5, 5.41) is 8.06. The Bertz CT molecular complexity index is 740. The molecule has 7 nitrogen and oxygen atoms in total. The molecule has 3 saturated heterocycles. The number of fused-ring (bicyclic) bond motifs is 2. The molecule has 0 aliphatic carbocycles. The highest BCUT2D eigenvalue weighted by molar-refractivity contribution is 5.95. The molecule has 0 radical (unpaired) electrons. The molecule has 4 rings (SSSR count). The van der Waals surface area contributed by atoms with Crippen LogP contribution in [0.5, 0.6) is 0 Å². The minimum atomic E-state index is 0.127. The number of aromatic nitrogens is 2. The van der Waals surface area contributed by atoms with Gasteiger partial charge >= 0.3 is 0 Å². The largest absolute Gasteiger partial charge is 0.343 e. The highest BCUT2D eigenvalue weighted by atomic mass is 16.2. The fourth-order valence-electron chi connectivity index (χ4n) is 5.42. The van der Waals surface area contributed by atoms with Gasteiger partial charge in [-0.25, -0.2) is 0 Å². The summed E-state index contributed by atoms with van der Waals surface area (Å²) in [7, 11) is 0. The maximum Gasteiger partial charge on any atom is 0.257 e. The van der Waals surface area contributed by atoms with Crippen LogP contribution in [0.15, 0.2) is 6.20 Å². The Morgan fingerprint density at radius 3 is 2.72 bits per heavy atom. The molecule has 3 atom stereocenters. The van der Waals surface area contributed by atoms with Crippen molar-refractivity contribution in [1.29, 1.82) is 0 Å². The molecule has 0 saturated carbocycles. The molecular weight excluding hydrogens is 366 g/mol. The predicted octanol–water partition coefficient (Wildman–Crippen LogP) is 2.05. The number of amides is 2. The number of piperidine rings is 2. The van der Waals surface area contributed by atoms with E-state index in [0.717, 1.165) is 76.2 Å². The van der Waals surface area contributed by atoms with Crippen LogP contribution in [-0.4, -0.2) is 70.2 Å². The lowest BCUT2D eigenvalue weighted by Crippen LogP contribution is -2.57. The zero-order valence-electron chi connectivity index (χ0n) is 17.9. The molecule has 7 heteroatoms. The van der Waals surface area contributed by atoms with Gasteiger partial charge in [-0.1, -0.05) is 0 Å². The molecule has 1 aromatic rings. The Kier molecular flexibility index (Phi) is 6.23. The Hall–Kier alpha value is -1.89. The number of carbonyl (C=O) groups is 2. The van der Waals surface area contributed by atoms with Crippen LogP contribution in [0.3, 0.4) is 0 Å². The summed E-state index contributed by atoms with van der Waals surface area (Å²) < 4.78 is 1.89. The van der Waals surface area contributed by atoms with Crippen molar-refractivity contribution in [2.24, 2.45) is 11.8 Å². The van der Waals surface area contributed by atoms with Crippen molar-refractivity contribution < 1.29 is 9.59 Å². The van der Waals surface area contributed by atoms with Gasteiger partial charge < -0.3 is 15.1 Å². The average Bonchev–Trinajstić information content (AvgIpc) is 3.39. The fourth-order valence-corrected chi connectivity index (χ4v) is 5.42. The molecular formula is C22H35N5O2. The van der Waals surface area contributed by atoms with Crippen LogP contribution < -0.4 is 5.32 Å². The van der Waals surface area contributed by atoms with Crippen molar-refractivity contribution in [3.63, 3.8) is 0 Å². The second kappa shape index (κ2) is 8.86. The Morgan fingerprint density at radius 2 is 2.00 bits per heavy atom. The van der Waals surface area contributed by atoms with Gasteiger partial charge in [0.15, 0.2) is 0 Å². The monoisotopic (exact) mass is 401 g/mol. The molecule has 0 spiro atoms. The van der Waals surface area contributed by atoms with Crippen LogP contribution in [0.2, 0.25) is 0 Å². The molecule has 1 N–H and O–H groups in total. The lowest BCUT2D eigenvalue weighted by Gasteiger charge is -2.46. The van der Waals surface area contributed by atoms with Crippen molar-refractivity contribution >= 4 is 11.8 Å². The molecule has 160 valence electrons. The van der Waals surface area contributed by atoms with E-state index in [0.29, 0.717) is 30.2 Å². The summed E-state index contributed by atoms with van der Waals surface area (Å²) in [5.41, 5.74) is 1.70. The van der Waals surface area contributed by atoms with E-state index in [1.807, 2.05) is 28.3 Å². The zero-order valence-corrected chi connectivity index (χ0v) is 17.9. The summed E-state index contributed by atoms with van der Waals surface area (Å²) in [6.45, 7) is 9.31. The Labute approximate surface area is 173 Å². The van der Waals surface area contributed by atoms with E-state index < -0.39 is 0 Å². The number of carbonyl (C=O) groups excluding carboxylic acids is 2. The van der Waals surface area contributed by atoms with Crippen LogP contribution in [-0.2, 0) is 11.3 Å². The maximum atomic E-state index is 13.1. The summed E-state index contributed by atoms with van der Waals surface area (Å²) in [6.07, 6.45) is 7.84. The van der Waals surface area contributed by atoms with Gasteiger partial charge in [0.2, 0.25) is 5.91 Å². The average molecular weight is 402 g/mol. The number of nitrogens with one attached hydrogen (secondary N) is 1. The van der Waals surface area contributed by atoms with Gasteiger partial charge in [-0.3, -0.25) is 14.3 Å².